The van der Waals surface area contributed by atoms with Gasteiger partial charge in [-0.3, -0.25) is 0 Å². The van der Waals surface area contributed by atoms with Gasteiger partial charge in [-0.1, -0.05) is 29.8 Å². The Bertz CT molecular complexity index is 764. The molecule has 25 heavy (non-hydrogen) atoms. The van der Waals surface area contributed by atoms with Crippen LogP contribution in [0, 0.1) is 0 Å². The van der Waals surface area contributed by atoms with E-state index in [9.17, 15) is 9.59 Å². The van der Waals surface area contributed by atoms with Crippen molar-refractivity contribution in [3.63, 3.8) is 0 Å². The highest BCUT2D eigenvalue weighted by molar-refractivity contribution is 6.30. The van der Waals surface area contributed by atoms with Gasteiger partial charge >= 0.3 is 12.0 Å². The number of ether oxygens (including phenoxy) is 2. The van der Waals surface area contributed by atoms with Gasteiger partial charge in [0.05, 0.1) is 14.2 Å². The van der Waals surface area contributed by atoms with Crippen LogP contribution in [0.5, 0.6) is 5.75 Å². The van der Waals surface area contributed by atoms with Crippen LogP contribution in [-0.2, 0) is 17.8 Å². The number of rotatable bonds is 6. The molecule has 0 aliphatic rings. The van der Waals surface area contributed by atoms with E-state index in [1.165, 1.54) is 14.2 Å². The molecule has 6 nitrogen and oxygen atoms in total. The van der Waals surface area contributed by atoms with Gasteiger partial charge in [0, 0.05) is 18.1 Å². The summed E-state index contributed by atoms with van der Waals surface area (Å²) in [5.74, 6) is -0.0786. The van der Waals surface area contributed by atoms with Gasteiger partial charge in [0.25, 0.3) is 0 Å². The van der Waals surface area contributed by atoms with Crippen molar-refractivity contribution in [1.29, 1.82) is 0 Å². The minimum absolute atomic E-state index is 0.259. The summed E-state index contributed by atoms with van der Waals surface area (Å²) < 4.78 is 9.86. The number of urea groups is 1. The van der Waals surface area contributed by atoms with Crippen LogP contribution in [0.2, 0.25) is 5.02 Å². The first-order chi connectivity index (χ1) is 12.0. The fraction of sp³-hybridized carbons (Fsp3) is 0.222. The Hall–Kier alpha value is -2.73. The van der Waals surface area contributed by atoms with E-state index >= 15 is 0 Å². The fourth-order valence-electron chi connectivity index (χ4n) is 2.21. The summed E-state index contributed by atoms with van der Waals surface area (Å²) in [6.45, 7) is 0.623. The predicted octanol–water partition coefficient (Wildman–Crippen LogP) is 3.13. The molecule has 0 saturated heterocycles. The molecule has 0 fully saturated rings. The first-order valence-electron chi connectivity index (χ1n) is 7.55. The number of amides is 2. The maximum absolute atomic E-state index is 11.9. The molecule has 0 atom stereocenters. The lowest BCUT2D eigenvalue weighted by atomic mass is 10.1. The number of carbonyl (C=O) groups is 2. The van der Waals surface area contributed by atoms with E-state index < -0.39 is 5.97 Å². The van der Waals surface area contributed by atoms with Crippen molar-refractivity contribution in [1.82, 2.24) is 10.6 Å². The molecule has 0 aliphatic heterocycles. The lowest BCUT2D eigenvalue weighted by Gasteiger charge is -2.11. The SMILES string of the molecule is COC(=O)c1cc(CNC(=O)NCc2cccc(Cl)c2)ccc1OC. The highest BCUT2D eigenvalue weighted by atomic mass is 35.5. The summed E-state index contributed by atoms with van der Waals surface area (Å²) in [6.07, 6.45) is 0. The Kier molecular flexibility index (Phi) is 6.65. The highest BCUT2D eigenvalue weighted by Gasteiger charge is 2.13. The van der Waals surface area contributed by atoms with Gasteiger partial charge in [-0.05, 0) is 35.4 Å². The molecule has 0 spiro atoms. The normalized spacial score (nSPS) is 10.0. The van der Waals surface area contributed by atoms with E-state index in [0.717, 1.165) is 11.1 Å². The van der Waals surface area contributed by atoms with Gasteiger partial charge in [-0.15, -0.1) is 0 Å². The van der Waals surface area contributed by atoms with Crippen LogP contribution in [0.4, 0.5) is 4.79 Å². The van der Waals surface area contributed by atoms with Crippen molar-refractivity contribution in [2.75, 3.05) is 14.2 Å². The van der Waals surface area contributed by atoms with Crippen LogP contribution in [0.15, 0.2) is 42.5 Å². The predicted molar refractivity (Wildman–Crippen MR) is 94.9 cm³/mol. The number of methoxy groups -OCH3 is 2. The molecule has 0 bridgehead atoms. The number of nitrogens with one attached hydrogen (secondary N) is 2. The fourth-order valence-corrected chi connectivity index (χ4v) is 2.42. The van der Waals surface area contributed by atoms with Crippen LogP contribution in [0.25, 0.3) is 0 Å². The summed E-state index contributed by atoms with van der Waals surface area (Å²) in [6, 6.07) is 12.0. The zero-order chi connectivity index (χ0) is 18.2. The molecular weight excluding hydrogens is 344 g/mol. The third-order valence-corrected chi connectivity index (χ3v) is 3.70. The van der Waals surface area contributed by atoms with Crippen molar-refractivity contribution in [2.45, 2.75) is 13.1 Å². The van der Waals surface area contributed by atoms with E-state index in [2.05, 4.69) is 10.6 Å². The van der Waals surface area contributed by atoms with Crippen molar-refractivity contribution >= 4 is 23.6 Å². The second-order valence-electron chi connectivity index (χ2n) is 5.19. The van der Waals surface area contributed by atoms with Gasteiger partial charge in [0.2, 0.25) is 0 Å². The Morgan fingerprint density at radius 3 is 2.28 bits per heavy atom. The standard InChI is InChI=1S/C18H19ClN2O4/c1-24-16-7-6-13(9-15(16)17(22)25-2)11-21-18(23)20-10-12-4-3-5-14(19)8-12/h3-9H,10-11H2,1-2H3,(H2,20,21,23). The molecule has 2 aromatic rings. The monoisotopic (exact) mass is 362 g/mol. The maximum atomic E-state index is 11.9. The minimum atomic E-state index is -0.496. The molecule has 0 aliphatic carbocycles. The number of hydrogen-bond acceptors (Lipinski definition) is 4. The second-order valence-corrected chi connectivity index (χ2v) is 5.63. The summed E-state index contributed by atoms with van der Waals surface area (Å²) in [7, 11) is 2.78. The molecule has 2 aromatic carbocycles. The lowest BCUT2D eigenvalue weighted by molar-refractivity contribution is 0.0597. The van der Waals surface area contributed by atoms with E-state index in [0.29, 0.717) is 22.9 Å². The van der Waals surface area contributed by atoms with Gasteiger partial charge < -0.3 is 20.1 Å². The van der Waals surface area contributed by atoms with Gasteiger partial charge in [-0.25, -0.2) is 9.59 Å². The second kappa shape index (κ2) is 8.94. The van der Waals surface area contributed by atoms with E-state index in [1.807, 2.05) is 12.1 Å². The van der Waals surface area contributed by atoms with Crippen LogP contribution >= 0.6 is 11.6 Å². The maximum Gasteiger partial charge on any atom is 0.341 e. The van der Waals surface area contributed by atoms with Crippen molar-refractivity contribution in [3.8, 4) is 5.75 Å². The van der Waals surface area contributed by atoms with Gasteiger partial charge in [0.15, 0.2) is 0 Å². The van der Waals surface area contributed by atoms with Crippen molar-refractivity contribution in [3.05, 3.63) is 64.2 Å². The number of carbonyl (C=O) groups excluding carboxylic acids is 2. The van der Waals surface area contributed by atoms with E-state index in [4.69, 9.17) is 21.1 Å². The zero-order valence-corrected chi connectivity index (χ0v) is 14.7. The third kappa shape index (κ3) is 5.39. The van der Waals surface area contributed by atoms with Crippen LogP contribution in [0.1, 0.15) is 21.5 Å². The molecule has 2 rings (SSSR count). The summed E-state index contributed by atoms with van der Waals surface area (Å²) in [5.41, 5.74) is 1.96. The largest absolute Gasteiger partial charge is 0.496 e. The topological polar surface area (TPSA) is 76.7 Å². The van der Waals surface area contributed by atoms with Gasteiger partial charge in [0.1, 0.15) is 11.3 Å². The summed E-state index contributed by atoms with van der Waals surface area (Å²) in [4.78, 5) is 23.7. The summed E-state index contributed by atoms with van der Waals surface area (Å²) >= 11 is 5.90. The van der Waals surface area contributed by atoms with Gasteiger partial charge in [-0.2, -0.15) is 0 Å². The molecule has 0 saturated carbocycles. The Morgan fingerprint density at radius 1 is 1.00 bits per heavy atom. The number of halogens is 1. The average molecular weight is 363 g/mol. The molecule has 2 N–H and O–H groups in total. The number of hydrogen-bond donors (Lipinski definition) is 2. The first kappa shape index (κ1) is 18.6. The summed E-state index contributed by atoms with van der Waals surface area (Å²) in [5, 5.41) is 6.09. The minimum Gasteiger partial charge on any atom is -0.496 e. The Balaban J connectivity index is 1.92. The van der Waals surface area contributed by atoms with Crippen LogP contribution < -0.4 is 15.4 Å². The quantitative estimate of drug-likeness (QED) is 0.774. The Labute approximate surface area is 151 Å². The molecule has 0 heterocycles. The highest BCUT2D eigenvalue weighted by Crippen LogP contribution is 2.20. The molecule has 132 valence electrons. The van der Waals surface area contributed by atoms with E-state index in [1.54, 1.807) is 30.3 Å². The third-order valence-electron chi connectivity index (χ3n) is 3.46. The zero-order valence-electron chi connectivity index (χ0n) is 14.0. The van der Waals surface area contributed by atoms with Crippen LogP contribution in [-0.4, -0.2) is 26.2 Å². The van der Waals surface area contributed by atoms with Crippen molar-refractivity contribution < 1.29 is 19.1 Å². The molecule has 0 radical (unpaired) electrons. The smallest absolute Gasteiger partial charge is 0.341 e. The molecular formula is C18H19ClN2O4. The number of esters is 1. The van der Waals surface area contributed by atoms with Crippen molar-refractivity contribution in [2.24, 2.45) is 0 Å². The van der Waals surface area contributed by atoms with E-state index in [-0.39, 0.29) is 12.6 Å². The lowest BCUT2D eigenvalue weighted by Crippen LogP contribution is -2.34. The Morgan fingerprint density at radius 2 is 1.68 bits per heavy atom. The molecule has 2 amide bonds. The average Bonchev–Trinajstić information content (AvgIpc) is 2.63. The van der Waals surface area contributed by atoms with Crippen LogP contribution in [0.3, 0.4) is 0 Å². The molecule has 0 aromatic heterocycles. The molecule has 7 heteroatoms. The molecule has 0 unspecified atom stereocenters. The first-order valence-corrected chi connectivity index (χ1v) is 7.92. The number of benzene rings is 2.